The molecule has 2 rings (SSSR count). The largest absolute Gasteiger partial charge is 0.253 e. The highest BCUT2D eigenvalue weighted by Gasteiger charge is 2.20. The lowest BCUT2D eigenvalue weighted by Crippen LogP contribution is -2.14. The highest BCUT2D eigenvalue weighted by Crippen LogP contribution is 2.17. The van der Waals surface area contributed by atoms with Crippen LogP contribution in [-0.4, -0.2) is 14.6 Å². The first-order valence-corrected chi connectivity index (χ1v) is 5.27. The Bertz CT molecular complexity index is 367. The van der Waals surface area contributed by atoms with Gasteiger partial charge < -0.3 is 0 Å². The molecule has 0 spiro atoms. The smallest absolute Gasteiger partial charge is 0.139 e. The normalized spacial score (nSPS) is 24.7. The number of allylic oxidation sites excluding steroid dienone is 1. The number of nitrogens with zero attached hydrogens (tertiary/aromatic N) is 4. The van der Waals surface area contributed by atoms with Gasteiger partial charge in [-0.1, -0.05) is 6.08 Å². The lowest BCUT2D eigenvalue weighted by Gasteiger charge is -2.06. The summed E-state index contributed by atoms with van der Waals surface area (Å²) in [4.78, 5) is 4.24. The Labute approximate surface area is 84.3 Å². The molecular weight excluding hydrogens is 204 g/mol. The summed E-state index contributed by atoms with van der Waals surface area (Å²) >= 11 is 4.03. The Hall–Kier alpha value is -0.880. The minimum Gasteiger partial charge on any atom is -0.253 e. The lowest BCUT2D eigenvalue weighted by molar-refractivity contribution is 0.570. The summed E-state index contributed by atoms with van der Waals surface area (Å²) in [6, 6.07) is 0. The molecule has 0 aromatic carbocycles. The Balaban J connectivity index is 2.36. The molecule has 0 N–H and O–H groups in total. The molecule has 2 aliphatic rings. The van der Waals surface area contributed by atoms with Gasteiger partial charge in [0, 0.05) is 23.3 Å². The van der Waals surface area contributed by atoms with Gasteiger partial charge in [-0.05, 0) is 18.9 Å². The molecule has 68 valence electrons. The molecule has 0 aliphatic carbocycles. The third kappa shape index (κ3) is 1.59. The van der Waals surface area contributed by atoms with Crippen molar-refractivity contribution in [2.75, 3.05) is 0 Å². The number of aliphatic imine (C=N–C) groups is 1. The zero-order chi connectivity index (χ0) is 9.26. The molecule has 0 aromatic heterocycles. The number of fused-ring (bicyclic) bond motifs is 1. The van der Waals surface area contributed by atoms with Gasteiger partial charge in [-0.3, -0.25) is 4.99 Å². The summed E-state index contributed by atoms with van der Waals surface area (Å²) in [6.07, 6.45) is 6.16. The van der Waals surface area contributed by atoms with Crippen LogP contribution in [0.25, 0.3) is 0 Å². The summed E-state index contributed by atoms with van der Waals surface area (Å²) in [5.41, 5.74) is 0. The van der Waals surface area contributed by atoms with Crippen LogP contribution in [0.4, 0.5) is 0 Å². The van der Waals surface area contributed by atoms with E-state index < -0.39 is 0 Å². The van der Waals surface area contributed by atoms with E-state index >= 15 is 0 Å². The molecule has 0 amide bonds. The van der Waals surface area contributed by atoms with Crippen LogP contribution < -0.4 is 0 Å². The average molecular weight is 212 g/mol. The third-order valence-electron chi connectivity index (χ3n) is 1.52. The summed E-state index contributed by atoms with van der Waals surface area (Å²) in [5.74, 6) is 0. The first kappa shape index (κ1) is 8.71. The zero-order valence-electron chi connectivity index (χ0n) is 6.79. The predicted molar refractivity (Wildman–Crippen MR) is 59.4 cm³/mol. The van der Waals surface area contributed by atoms with E-state index in [4.69, 9.17) is 0 Å². The van der Waals surface area contributed by atoms with Crippen LogP contribution in [0.15, 0.2) is 39.5 Å². The fourth-order valence-corrected chi connectivity index (χ4v) is 2.77. The minimum absolute atomic E-state index is 0.337. The van der Waals surface area contributed by atoms with Crippen molar-refractivity contribution < 1.29 is 0 Å². The third-order valence-corrected chi connectivity index (χ3v) is 3.47. The molecule has 0 saturated carbocycles. The number of rotatable bonds is 2. The van der Waals surface area contributed by atoms with Crippen molar-refractivity contribution in [1.29, 1.82) is 0 Å². The van der Waals surface area contributed by atoms with Crippen molar-refractivity contribution in [1.82, 2.24) is 4.52 Å². The molecule has 13 heavy (non-hydrogen) atoms. The number of hydrazone groups is 1. The molecule has 6 heteroatoms. The summed E-state index contributed by atoms with van der Waals surface area (Å²) in [6.45, 7) is 3.67. The maximum atomic E-state index is 4.24. The van der Waals surface area contributed by atoms with Gasteiger partial charge in [0.25, 0.3) is 0 Å². The van der Waals surface area contributed by atoms with Crippen LogP contribution in [0.5, 0.6) is 0 Å². The molecule has 0 bridgehead atoms. The predicted octanol–water partition coefficient (Wildman–Crippen LogP) is 1.68. The Morgan fingerprint density at radius 2 is 2.54 bits per heavy atom. The Morgan fingerprint density at radius 1 is 1.69 bits per heavy atom. The molecule has 1 unspecified atom stereocenters. The van der Waals surface area contributed by atoms with Crippen molar-refractivity contribution in [2.45, 2.75) is 6.42 Å². The molecule has 0 radical (unpaired) electrons. The molecule has 0 fully saturated rings. The second-order valence-corrected chi connectivity index (χ2v) is 4.38. The van der Waals surface area contributed by atoms with E-state index in [0.29, 0.717) is 0 Å². The zero-order valence-corrected chi connectivity index (χ0v) is 8.50. The van der Waals surface area contributed by atoms with E-state index in [9.17, 15) is 0 Å². The number of thiol groups is 1. The van der Waals surface area contributed by atoms with Crippen LogP contribution >= 0.6 is 12.8 Å². The molecule has 4 nitrogen and oxygen atoms in total. The van der Waals surface area contributed by atoms with E-state index in [-0.39, 0.29) is 10.7 Å². The SMILES string of the molecule is C=CCC1=NC=CC2=NN(S)N=S21. The van der Waals surface area contributed by atoms with Crippen LogP contribution in [-0.2, 0) is 10.7 Å². The standard InChI is InChI=1S/C7H8N4S2/c1-2-3-6-8-5-4-7-9-11(12)10-13(6)7/h2,4-5,12H,1,3H2. The van der Waals surface area contributed by atoms with Crippen molar-refractivity contribution in [3.63, 3.8) is 0 Å². The minimum atomic E-state index is -0.337. The van der Waals surface area contributed by atoms with Crippen molar-refractivity contribution in [2.24, 2.45) is 14.6 Å². The van der Waals surface area contributed by atoms with E-state index in [0.717, 1.165) is 16.5 Å². The maximum Gasteiger partial charge on any atom is 0.139 e. The summed E-state index contributed by atoms with van der Waals surface area (Å²) < 4.78 is 5.50. The second kappa shape index (κ2) is 3.47. The number of hydrogen-bond acceptors (Lipinski definition) is 5. The average Bonchev–Trinajstić information content (AvgIpc) is 2.47. The first-order valence-electron chi connectivity index (χ1n) is 3.69. The maximum absolute atomic E-state index is 4.24. The number of hydrogen-bond donors (Lipinski definition) is 1. The highest BCUT2D eigenvalue weighted by molar-refractivity contribution is 8.16. The summed E-state index contributed by atoms with van der Waals surface area (Å²) in [5, 5.41) is 6.01. The van der Waals surface area contributed by atoms with Gasteiger partial charge in [-0.15, -0.1) is 20.7 Å². The monoisotopic (exact) mass is 212 g/mol. The Morgan fingerprint density at radius 3 is 3.31 bits per heavy atom. The van der Waals surface area contributed by atoms with Crippen LogP contribution in [0.1, 0.15) is 6.42 Å². The molecule has 2 heterocycles. The van der Waals surface area contributed by atoms with Crippen LogP contribution in [0.2, 0.25) is 0 Å². The van der Waals surface area contributed by atoms with Crippen LogP contribution in [0.3, 0.4) is 0 Å². The van der Waals surface area contributed by atoms with Crippen molar-refractivity contribution >= 4 is 33.6 Å². The Kier molecular flexibility index (Phi) is 2.32. The van der Waals surface area contributed by atoms with Gasteiger partial charge in [-0.25, -0.2) is 0 Å². The fourth-order valence-electron chi connectivity index (χ4n) is 1.01. The van der Waals surface area contributed by atoms with Crippen LogP contribution in [0, 0.1) is 0 Å². The summed E-state index contributed by atoms with van der Waals surface area (Å²) in [7, 11) is -0.337. The molecule has 1 atom stereocenters. The molecule has 2 aliphatic heterocycles. The van der Waals surface area contributed by atoms with Gasteiger partial charge in [0.1, 0.15) is 5.04 Å². The molecule has 0 aromatic rings. The van der Waals surface area contributed by atoms with E-state index in [2.05, 4.69) is 34.0 Å². The van der Waals surface area contributed by atoms with Crippen molar-refractivity contribution in [3.05, 3.63) is 24.9 Å². The highest BCUT2D eigenvalue weighted by atomic mass is 32.2. The van der Waals surface area contributed by atoms with E-state index in [1.54, 1.807) is 6.20 Å². The topological polar surface area (TPSA) is 40.3 Å². The second-order valence-electron chi connectivity index (χ2n) is 2.40. The van der Waals surface area contributed by atoms with E-state index in [1.165, 1.54) is 4.52 Å². The quantitative estimate of drug-likeness (QED) is 0.549. The lowest BCUT2D eigenvalue weighted by atomic mass is 10.4. The first-order chi connectivity index (χ1) is 6.31. The van der Waals surface area contributed by atoms with E-state index in [1.807, 2.05) is 12.2 Å². The molecular formula is C7H8N4S2. The van der Waals surface area contributed by atoms with Gasteiger partial charge in [-0.2, -0.15) is 0 Å². The fraction of sp³-hybridized carbons (Fsp3) is 0.143. The van der Waals surface area contributed by atoms with Gasteiger partial charge >= 0.3 is 0 Å². The molecule has 0 saturated heterocycles. The van der Waals surface area contributed by atoms with Gasteiger partial charge in [0.2, 0.25) is 0 Å². The van der Waals surface area contributed by atoms with Gasteiger partial charge in [0.05, 0.1) is 5.04 Å². The van der Waals surface area contributed by atoms with Gasteiger partial charge in [0.15, 0.2) is 0 Å². The van der Waals surface area contributed by atoms with Crippen molar-refractivity contribution in [3.8, 4) is 0 Å².